The summed E-state index contributed by atoms with van der Waals surface area (Å²) in [5, 5.41) is 3.02. The van der Waals surface area contributed by atoms with Gasteiger partial charge in [0.05, 0.1) is 17.0 Å². The molecule has 3 aromatic rings. The van der Waals surface area contributed by atoms with Gasteiger partial charge in [-0.1, -0.05) is 19.1 Å². The van der Waals surface area contributed by atoms with Crippen molar-refractivity contribution in [3.8, 4) is 11.4 Å². The molecule has 1 aliphatic heterocycles. The van der Waals surface area contributed by atoms with Crippen LogP contribution in [0, 0.1) is 5.92 Å². The van der Waals surface area contributed by atoms with Gasteiger partial charge in [0.15, 0.2) is 0 Å². The van der Waals surface area contributed by atoms with E-state index in [1.54, 1.807) is 0 Å². The van der Waals surface area contributed by atoms with Crippen LogP contribution in [0.2, 0.25) is 0 Å². The molecule has 0 aliphatic carbocycles. The van der Waals surface area contributed by atoms with Crippen molar-refractivity contribution >= 4 is 28.5 Å². The topological polar surface area (TPSA) is 67.2 Å². The fraction of sp³-hybridized carbons (Fsp3) is 0.375. The summed E-state index contributed by atoms with van der Waals surface area (Å²) in [4.78, 5) is 31.5. The van der Waals surface area contributed by atoms with E-state index in [4.69, 9.17) is 4.98 Å². The second-order valence-corrected chi connectivity index (χ2v) is 7.98. The van der Waals surface area contributed by atoms with Crippen LogP contribution in [0.15, 0.2) is 48.5 Å². The van der Waals surface area contributed by atoms with Gasteiger partial charge in [-0.25, -0.2) is 4.98 Å². The van der Waals surface area contributed by atoms with Crippen LogP contribution in [-0.2, 0) is 16.6 Å². The van der Waals surface area contributed by atoms with E-state index in [0.717, 1.165) is 53.9 Å². The Bertz CT molecular complexity index is 1050. The van der Waals surface area contributed by atoms with Gasteiger partial charge in [-0.3, -0.25) is 9.59 Å². The van der Waals surface area contributed by atoms with E-state index in [9.17, 15) is 9.59 Å². The van der Waals surface area contributed by atoms with Crippen LogP contribution in [-0.4, -0.2) is 39.4 Å². The lowest BCUT2D eigenvalue weighted by atomic mass is 9.96. The van der Waals surface area contributed by atoms with Crippen molar-refractivity contribution in [2.24, 2.45) is 13.0 Å². The Morgan fingerprint density at radius 2 is 1.90 bits per heavy atom. The molecule has 0 spiro atoms. The number of carbonyl (C=O) groups is 2. The van der Waals surface area contributed by atoms with Crippen molar-refractivity contribution in [1.29, 1.82) is 0 Å². The summed E-state index contributed by atoms with van der Waals surface area (Å²) in [6, 6.07) is 15.8. The number of aromatic nitrogens is 2. The zero-order valence-electron chi connectivity index (χ0n) is 17.6. The fourth-order valence-electron chi connectivity index (χ4n) is 4.14. The van der Waals surface area contributed by atoms with Gasteiger partial charge in [0, 0.05) is 37.8 Å². The van der Waals surface area contributed by atoms with Gasteiger partial charge in [0.1, 0.15) is 5.82 Å². The number of fused-ring (bicyclic) bond motifs is 1. The number of rotatable bonds is 5. The zero-order chi connectivity index (χ0) is 21.1. The number of piperidine rings is 1. The van der Waals surface area contributed by atoms with Crippen LogP contribution in [0.3, 0.4) is 0 Å². The van der Waals surface area contributed by atoms with Gasteiger partial charge in [-0.15, -0.1) is 0 Å². The number of likely N-dealkylation sites (tertiary alicyclic amines) is 1. The summed E-state index contributed by atoms with van der Waals surface area (Å²) in [5.41, 5.74) is 3.82. The zero-order valence-corrected chi connectivity index (χ0v) is 17.6. The maximum atomic E-state index is 12.8. The van der Waals surface area contributed by atoms with Crippen molar-refractivity contribution in [1.82, 2.24) is 14.5 Å². The third-order valence-electron chi connectivity index (χ3n) is 5.81. The van der Waals surface area contributed by atoms with Gasteiger partial charge in [0.25, 0.3) is 0 Å². The fourth-order valence-corrected chi connectivity index (χ4v) is 4.14. The molecule has 1 atom stereocenters. The van der Waals surface area contributed by atoms with E-state index in [2.05, 4.69) is 16.0 Å². The number of imidazole rings is 1. The third-order valence-corrected chi connectivity index (χ3v) is 5.81. The molecule has 2 amide bonds. The minimum atomic E-state index is -0.154. The van der Waals surface area contributed by atoms with E-state index >= 15 is 0 Å². The van der Waals surface area contributed by atoms with Crippen molar-refractivity contribution in [3.63, 3.8) is 0 Å². The SMILES string of the molecule is CCCC(=O)N1CCCC(C(=O)Nc2ccc(-c3nc4ccccc4n3C)cc2)C1. The van der Waals surface area contributed by atoms with Gasteiger partial charge in [-0.05, 0) is 55.7 Å². The summed E-state index contributed by atoms with van der Waals surface area (Å²) in [7, 11) is 2.01. The number of anilines is 1. The first-order chi connectivity index (χ1) is 14.6. The maximum absolute atomic E-state index is 12.8. The Kier molecular flexibility index (Phi) is 5.84. The number of hydrogen-bond acceptors (Lipinski definition) is 3. The summed E-state index contributed by atoms with van der Waals surface area (Å²) in [6.45, 7) is 3.28. The van der Waals surface area contributed by atoms with Crippen LogP contribution in [0.1, 0.15) is 32.6 Å². The quantitative estimate of drug-likeness (QED) is 0.692. The number of nitrogens with zero attached hydrogens (tertiary/aromatic N) is 3. The van der Waals surface area contributed by atoms with Crippen LogP contribution >= 0.6 is 0 Å². The number of benzene rings is 2. The molecule has 6 heteroatoms. The monoisotopic (exact) mass is 404 g/mol. The predicted molar refractivity (Wildman–Crippen MR) is 119 cm³/mol. The number of carbonyl (C=O) groups excluding carboxylic acids is 2. The standard InChI is InChI=1S/C24H28N4O2/c1-3-7-22(29)28-15-6-8-18(16-28)24(30)25-19-13-11-17(12-14-19)23-26-20-9-4-5-10-21(20)27(23)2/h4-5,9-14,18H,3,6-8,15-16H2,1-2H3,(H,25,30). The normalized spacial score (nSPS) is 16.6. The number of aryl methyl sites for hydroxylation is 1. The molecule has 1 fully saturated rings. The summed E-state index contributed by atoms with van der Waals surface area (Å²) in [6.07, 6.45) is 3.08. The highest BCUT2D eigenvalue weighted by Crippen LogP contribution is 2.25. The second kappa shape index (κ2) is 8.69. The van der Waals surface area contributed by atoms with Crippen molar-refractivity contribution in [2.45, 2.75) is 32.6 Å². The lowest BCUT2D eigenvalue weighted by Crippen LogP contribution is -2.43. The molecule has 4 rings (SSSR count). The molecule has 0 bridgehead atoms. The Morgan fingerprint density at radius 3 is 2.63 bits per heavy atom. The number of amides is 2. The second-order valence-electron chi connectivity index (χ2n) is 7.98. The molecule has 2 aromatic carbocycles. The van der Waals surface area contributed by atoms with Gasteiger partial charge < -0.3 is 14.8 Å². The minimum Gasteiger partial charge on any atom is -0.342 e. The van der Waals surface area contributed by atoms with Crippen molar-refractivity contribution in [2.75, 3.05) is 18.4 Å². The van der Waals surface area contributed by atoms with Crippen LogP contribution in [0.5, 0.6) is 0 Å². The molecule has 2 heterocycles. The highest BCUT2D eigenvalue weighted by molar-refractivity contribution is 5.93. The average Bonchev–Trinajstić information content (AvgIpc) is 3.11. The van der Waals surface area contributed by atoms with Crippen LogP contribution < -0.4 is 5.32 Å². The summed E-state index contributed by atoms with van der Waals surface area (Å²) >= 11 is 0. The minimum absolute atomic E-state index is 0.0144. The summed E-state index contributed by atoms with van der Waals surface area (Å²) < 4.78 is 2.08. The molecule has 1 unspecified atom stereocenters. The van der Waals surface area contributed by atoms with E-state index in [1.807, 2.05) is 61.3 Å². The highest BCUT2D eigenvalue weighted by Gasteiger charge is 2.28. The highest BCUT2D eigenvalue weighted by atomic mass is 16.2. The molecule has 156 valence electrons. The molecule has 1 N–H and O–H groups in total. The van der Waals surface area contributed by atoms with Crippen LogP contribution in [0.25, 0.3) is 22.4 Å². The van der Waals surface area contributed by atoms with Crippen molar-refractivity contribution in [3.05, 3.63) is 48.5 Å². The van der Waals surface area contributed by atoms with Crippen LogP contribution in [0.4, 0.5) is 5.69 Å². The molecule has 6 nitrogen and oxygen atoms in total. The van der Waals surface area contributed by atoms with E-state index in [0.29, 0.717) is 13.0 Å². The molecule has 0 radical (unpaired) electrons. The Balaban J connectivity index is 1.43. The average molecular weight is 405 g/mol. The molecule has 1 aromatic heterocycles. The summed E-state index contributed by atoms with van der Waals surface area (Å²) in [5.74, 6) is 0.881. The van der Waals surface area contributed by atoms with Crippen molar-refractivity contribution < 1.29 is 9.59 Å². The maximum Gasteiger partial charge on any atom is 0.229 e. The van der Waals surface area contributed by atoms with E-state index in [-0.39, 0.29) is 17.7 Å². The van der Waals surface area contributed by atoms with E-state index in [1.165, 1.54) is 0 Å². The van der Waals surface area contributed by atoms with Gasteiger partial charge in [-0.2, -0.15) is 0 Å². The number of nitrogens with one attached hydrogen (secondary N) is 1. The van der Waals surface area contributed by atoms with E-state index < -0.39 is 0 Å². The molecule has 30 heavy (non-hydrogen) atoms. The first-order valence-corrected chi connectivity index (χ1v) is 10.7. The largest absolute Gasteiger partial charge is 0.342 e. The lowest BCUT2D eigenvalue weighted by Gasteiger charge is -2.32. The first-order valence-electron chi connectivity index (χ1n) is 10.7. The predicted octanol–water partition coefficient (Wildman–Crippen LogP) is 4.22. The lowest BCUT2D eigenvalue weighted by molar-refractivity contribution is -0.134. The number of hydrogen-bond donors (Lipinski definition) is 1. The Labute approximate surface area is 176 Å². The molecule has 0 saturated carbocycles. The molecular weight excluding hydrogens is 376 g/mol. The third kappa shape index (κ3) is 4.08. The molecule has 1 saturated heterocycles. The molecular formula is C24H28N4O2. The Hall–Kier alpha value is -3.15. The smallest absolute Gasteiger partial charge is 0.229 e. The van der Waals surface area contributed by atoms with Gasteiger partial charge in [0.2, 0.25) is 11.8 Å². The Morgan fingerprint density at radius 1 is 1.13 bits per heavy atom. The first kappa shape index (κ1) is 20.1. The molecule has 1 aliphatic rings. The van der Waals surface area contributed by atoms with Gasteiger partial charge >= 0.3 is 0 Å². The number of para-hydroxylation sites is 2.